The minimum Gasteiger partial charge on any atom is -0.409 e. The van der Waals surface area contributed by atoms with Crippen molar-refractivity contribution in [2.75, 3.05) is 0 Å². The van der Waals surface area contributed by atoms with Crippen LogP contribution >= 0.6 is 11.8 Å². The number of nitrogens with one attached hydrogen (secondary N) is 1. The number of hydrogen-bond acceptors (Lipinski definition) is 7. The molecule has 8 nitrogen and oxygen atoms in total. The second-order valence-corrected chi connectivity index (χ2v) is 4.84. The Hall–Kier alpha value is -2.16. The summed E-state index contributed by atoms with van der Waals surface area (Å²) in [7, 11) is 0. The van der Waals surface area contributed by atoms with Gasteiger partial charge in [0.05, 0.1) is 11.3 Å². The van der Waals surface area contributed by atoms with Crippen LogP contribution in [0, 0.1) is 20.8 Å². The van der Waals surface area contributed by atoms with Gasteiger partial charge in [0.25, 0.3) is 0 Å². The normalized spacial score (nSPS) is 11.8. The van der Waals surface area contributed by atoms with Gasteiger partial charge >= 0.3 is 0 Å². The van der Waals surface area contributed by atoms with E-state index in [1.54, 1.807) is 6.92 Å². The number of aromatic nitrogens is 5. The third-order valence-electron chi connectivity index (χ3n) is 2.55. The van der Waals surface area contributed by atoms with Crippen LogP contribution in [-0.2, 0) is 0 Å². The lowest BCUT2D eigenvalue weighted by molar-refractivity contribution is 0.318. The van der Waals surface area contributed by atoms with Gasteiger partial charge < -0.3 is 10.9 Å². The fourth-order valence-electron chi connectivity index (χ4n) is 1.46. The van der Waals surface area contributed by atoms with Crippen molar-refractivity contribution < 1.29 is 5.21 Å². The van der Waals surface area contributed by atoms with Crippen molar-refractivity contribution in [1.29, 1.82) is 0 Å². The highest BCUT2D eigenvalue weighted by Gasteiger charge is 2.17. The van der Waals surface area contributed by atoms with E-state index in [-0.39, 0.29) is 5.84 Å². The van der Waals surface area contributed by atoms with Crippen LogP contribution in [0.25, 0.3) is 0 Å². The molecule has 9 heteroatoms. The van der Waals surface area contributed by atoms with Crippen LogP contribution in [-0.4, -0.2) is 36.4 Å². The third-order valence-corrected chi connectivity index (χ3v) is 3.40. The van der Waals surface area contributed by atoms with Crippen LogP contribution in [0.4, 0.5) is 0 Å². The summed E-state index contributed by atoms with van der Waals surface area (Å²) < 4.78 is 0. The van der Waals surface area contributed by atoms with E-state index in [0.717, 1.165) is 11.3 Å². The average molecular weight is 279 g/mol. The monoisotopic (exact) mass is 279 g/mol. The number of rotatable bonds is 3. The number of nitrogens with two attached hydrogens (primary N) is 1. The molecule has 0 aliphatic heterocycles. The van der Waals surface area contributed by atoms with Crippen molar-refractivity contribution in [3.63, 3.8) is 0 Å². The highest BCUT2D eigenvalue weighted by atomic mass is 32.2. The molecule has 2 heterocycles. The maximum atomic E-state index is 8.87. The second-order valence-electron chi connectivity index (χ2n) is 3.88. The Bertz CT molecular complexity index is 637. The average Bonchev–Trinajstić information content (AvgIpc) is 2.79. The zero-order chi connectivity index (χ0) is 14.0. The summed E-state index contributed by atoms with van der Waals surface area (Å²) in [6, 6.07) is 0. The van der Waals surface area contributed by atoms with Crippen molar-refractivity contribution in [2.45, 2.75) is 31.0 Å². The smallest absolute Gasteiger partial charge is 0.214 e. The van der Waals surface area contributed by atoms with E-state index in [1.807, 2.05) is 13.8 Å². The van der Waals surface area contributed by atoms with E-state index in [9.17, 15) is 0 Å². The Labute approximate surface area is 113 Å². The lowest BCUT2D eigenvalue weighted by Gasteiger charge is -2.09. The Morgan fingerprint density at radius 1 is 1.32 bits per heavy atom. The summed E-state index contributed by atoms with van der Waals surface area (Å²) in [4.78, 5) is 4.17. The van der Waals surface area contributed by atoms with Crippen molar-refractivity contribution in [3.05, 3.63) is 22.6 Å². The van der Waals surface area contributed by atoms with Crippen molar-refractivity contribution in [2.24, 2.45) is 10.9 Å². The Balaban J connectivity index is 2.48. The van der Waals surface area contributed by atoms with Crippen LogP contribution in [0.2, 0.25) is 0 Å². The molecule has 0 amide bonds. The second kappa shape index (κ2) is 5.22. The zero-order valence-corrected chi connectivity index (χ0v) is 11.5. The number of nitrogens with zero attached hydrogens (tertiary/aromatic N) is 5. The molecule has 2 aromatic rings. The Morgan fingerprint density at radius 3 is 2.63 bits per heavy atom. The highest BCUT2D eigenvalue weighted by molar-refractivity contribution is 7.99. The molecule has 0 bridgehead atoms. The van der Waals surface area contributed by atoms with Gasteiger partial charge in [0, 0.05) is 0 Å². The lowest BCUT2D eigenvalue weighted by atomic mass is 10.1. The molecule has 2 rings (SSSR count). The number of H-pyrrole nitrogens is 1. The molecule has 2 aromatic heterocycles. The molecule has 4 N–H and O–H groups in total. The largest absolute Gasteiger partial charge is 0.409 e. The van der Waals surface area contributed by atoms with E-state index in [0.29, 0.717) is 21.6 Å². The number of amidine groups is 1. The van der Waals surface area contributed by atoms with E-state index in [4.69, 9.17) is 10.9 Å². The van der Waals surface area contributed by atoms with Gasteiger partial charge in [0.1, 0.15) is 10.9 Å². The van der Waals surface area contributed by atoms with Crippen molar-refractivity contribution >= 4 is 17.6 Å². The van der Waals surface area contributed by atoms with E-state index in [2.05, 4.69) is 30.5 Å². The summed E-state index contributed by atoms with van der Waals surface area (Å²) in [5.74, 6) is 0.690. The minimum atomic E-state index is -0.00902. The van der Waals surface area contributed by atoms with E-state index >= 15 is 0 Å². The molecule has 0 spiro atoms. The molecule has 0 saturated heterocycles. The van der Waals surface area contributed by atoms with Crippen molar-refractivity contribution in [1.82, 2.24) is 25.4 Å². The maximum absolute atomic E-state index is 8.87. The molecule has 19 heavy (non-hydrogen) atoms. The standard InChI is InChI=1S/C10H13N7OS/c1-4-5(2)13-15-9(7(4)8(11)17-18)19-10-12-6(3)14-16-10/h18H,1-3H3,(H2,11,17)(H,12,14,16). The van der Waals surface area contributed by atoms with Crippen LogP contribution in [0.5, 0.6) is 0 Å². The number of aryl methyl sites for hydroxylation is 2. The van der Waals surface area contributed by atoms with Crippen LogP contribution in [0.3, 0.4) is 0 Å². The highest BCUT2D eigenvalue weighted by Crippen LogP contribution is 2.27. The number of oxime groups is 1. The van der Waals surface area contributed by atoms with Gasteiger partial charge in [0.15, 0.2) is 5.84 Å². The topological polar surface area (TPSA) is 126 Å². The van der Waals surface area contributed by atoms with Crippen molar-refractivity contribution in [3.8, 4) is 0 Å². The first-order valence-electron chi connectivity index (χ1n) is 5.41. The predicted molar refractivity (Wildman–Crippen MR) is 69.3 cm³/mol. The fraction of sp³-hybridized carbons (Fsp3) is 0.300. The summed E-state index contributed by atoms with van der Waals surface area (Å²) in [6.07, 6.45) is 0. The first kappa shape index (κ1) is 13.3. The summed E-state index contributed by atoms with van der Waals surface area (Å²) in [6.45, 7) is 5.44. The van der Waals surface area contributed by atoms with E-state index < -0.39 is 0 Å². The van der Waals surface area contributed by atoms with Gasteiger partial charge in [-0.2, -0.15) is 5.10 Å². The van der Waals surface area contributed by atoms with Gasteiger partial charge in [-0.15, -0.1) is 10.2 Å². The molecule has 0 fully saturated rings. The Morgan fingerprint density at radius 2 is 2.05 bits per heavy atom. The molecule has 100 valence electrons. The summed E-state index contributed by atoms with van der Waals surface area (Å²) in [5, 5.41) is 27.7. The SMILES string of the molecule is Cc1nc(Sc2nnc(C)c(C)c2/C(N)=N/O)n[nH]1. The van der Waals surface area contributed by atoms with Gasteiger partial charge in [-0.1, -0.05) is 5.16 Å². The van der Waals surface area contributed by atoms with E-state index in [1.165, 1.54) is 11.8 Å². The lowest BCUT2D eigenvalue weighted by Crippen LogP contribution is -2.18. The maximum Gasteiger partial charge on any atom is 0.214 e. The molecule has 0 unspecified atom stereocenters. The molecule has 0 atom stereocenters. The number of aromatic amines is 1. The molecule has 0 aromatic carbocycles. The molecule has 0 radical (unpaired) electrons. The minimum absolute atomic E-state index is 0.00902. The third kappa shape index (κ3) is 2.65. The van der Waals surface area contributed by atoms with Gasteiger partial charge in [-0.05, 0) is 38.1 Å². The molecular formula is C10H13N7OS. The number of hydrogen-bond donors (Lipinski definition) is 3. The first-order chi connectivity index (χ1) is 9.02. The van der Waals surface area contributed by atoms with Gasteiger partial charge in [-0.25, -0.2) is 4.98 Å². The summed E-state index contributed by atoms with van der Waals surface area (Å²) >= 11 is 1.20. The van der Waals surface area contributed by atoms with Gasteiger partial charge in [0.2, 0.25) is 5.16 Å². The first-order valence-corrected chi connectivity index (χ1v) is 6.23. The molecule has 0 saturated carbocycles. The zero-order valence-electron chi connectivity index (χ0n) is 10.7. The molecule has 0 aliphatic rings. The molecule has 0 aliphatic carbocycles. The van der Waals surface area contributed by atoms with Crippen LogP contribution in [0.15, 0.2) is 15.3 Å². The van der Waals surface area contributed by atoms with Gasteiger partial charge in [-0.3, -0.25) is 5.10 Å². The molecular weight excluding hydrogens is 266 g/mol. The van der Waals surface area contributed by atoms with Crippen LogP contribution in [0.1, 0.15) is 22.6 Å². The quantitative estimate of drug-likeness (QED) is 0.328. The van der Waals surface area contributed by atoms with Crippen LogP contribution < -0.4 is 5.73 Å². The predicted octanol–water partition coefficient (Wildman–Crippen LogP) is 0.766. The Kier molecular flexibility index (Phi) is 3.65. The fourth-order valence-corrected chi connectivity index (χ4v) is 2.35. The summed E-state index contributed by atoms with van der Waals surface area (Å²) in [5.41, 5.74) is 7.76.